The maximum Gasteiger partial charge on any atom is 0.308 e. The lowest BCUT2D eigenvalue weighted by atomic mass is 9.90. The third-order valence-electron chi connectivity index (χ3n) is 6.21. The van der Waals surface area contributed by atoms with E-state index in [0.717, 1.165) is 15.4 Å². The number of aliphatic carboxylic acids is 1. The lowest BCUT2D eigenvalue weighted by Crippen LogP contribution is -2.49. The van der Waals surface area contributed by atoms with Crippen LogP contribution in [0, 0.1) is 18.7 Å². The van der Waals surface area contributed by atoms with Gasteiger partial charge in [0.1, 0.15) is 5.82 Å². The zero-order valence-electron chi connectivity index (χ0n) is 19.0. The van der Waals surface area contributed by atoms with Crippen LogP contribution in [0.25, 0.3) is 0 Å². The van der Waals surface area contributed by atoms with Crippen molar-refractivity contribution in [2.24, 2.45) is 5.92 Å². The number of carboxylic acid groups (broad SMARTS) is 1. The molecule has 0 aliphatic carbocycles. The number of halogens is 2. The van der Waals surface area contributed by atoms with E-state index in [4.69, 9.17) is 11.6 Å². The van der Waals surface area contributed by atoms with Crippen molar-refractivity contribution in [3.63, 3.8) is 0 Å². The molecule has 1 aliphatic rings. The molecule has 0 amide bonds. The number of hydrogen-bond donors (Lipinski definition) is 1. The highest BCUT2D eigenvalue weighted by Crippen LogP contribution is 2.43. The van der Waals surface area contributed by atoms with Gasteiger partial charge in [-0.25, -0.2) is 12.8 Å². The molecule has 1 aliphatic heterocycles. The van der Waals surface area contributed by atoms with Gasteiger partial charge < -0.3 is 5.11 Å². The van der Waals surface area contributed by atoms with Gasteiger partial charge in [0.25, 0.3) is 0 Å². The van der Waals surface area contributed by atoms with Crippen molar-refractivity contribution < 1.29 is 22.7 Å². The highest BCUT2D eigenvalue weighted by Gasteiger charge is 2.45. The topological polar surface area (TPSA) is 74.7 Å². The molecule has 0 saturated carbocycles. The molecule has 4 rings (SSSR count). The van der Waals surface area contributed by atoms with Crippen molar-refractivity contribution in [1.29, 1.82) is 0 Å². The summed E-state index contributed by atoms with van der Waals surface area (Å²) in [4.78, 5) is 12.3. The van der Waals surface area contributed by atoms with Crippen molar-refractivity contribution in [2.75, 3.05) is 6.54 Å². The molecule has 0 aromatic heterocycles. The highest BCUT2D eigenvalue weighted by atomic mass is 35.5. The van der Waals surface area contributed by atoms with E-state index in [1.165, 1.54) is 30.0 Å². The van der Waals surface area contributed by atoms with Crippen LogP contribution in [0.15, 0.2) is 77.7 Å². The third-order valence-corrected chi connectivity index (χ3v) is 9.80. The average molecular weight is 534 g/mol. The second kappa shape index (κ2) is 10.7. The van der Waals surface area contributed by atoms with Gasteiger partial charge in [-0.3, -0.25) is 4.79 Å². The molecule has 3 aromatic rings. The number of rotatable bonds is 7. The van der Waals surface area contributed by atoms with E-state index in [-0.39, 0.29) is 23.4 Å². The Morgan fingerprint density at radius 3 is 2.37 bits per heavy atom. The van der Waals surface area contributed by atoms with E-state index in [1.807, 2.05) is 19.1 Å². The fourth-order valence-electron chi connectivity index (χ4n) is 4.28. The fraction of sp³-hybridized carbons (Fsp3) is 0.269. The monoisotopic (exact) mass is 533 g/mol. The molecule has 1 fully saturated rings. The third kappa shape index (κ3) is 5.72. The first-order valence-electron chi connectivity index (χ1n) is 11.1. The SMILES string of the molecule is Cc1ccc(S(=O)(=O)N2C[C@@H](C(=O)O)[C@H](SCc3ccc(Cl)cc3)C[C@H]2c2ccccc2F)cc1. The Hall–Kier alpha value is -2.39. The number of benzene rings is 3. The van der Waals surface area contributed by atoms with Crippen LogP contribution in [0.2, 0.25) is 5.02 Å². The Morgan fingerprint density at radius 2 is 1.74 bits per heavy atom. The Morgan fingerprint density at radius 1 is 1.09 bits per heavy atom. The van der Waals surface area contributed by atoms with Crippen molar-refractivity contribution in [1.82, 2.24) is 4.31 Å². The molecule has 0 radical (unpaired) electrons. The van der Waals surface area contributed by atoms with E-state index in [9.17, 15) is 22.7 Å². The van der Waals surface area contributed by atoms with Gasteiger partial charge in [-0.2, -0.15) is 16.1 Å². The molecule has 5 nitrogen and oxygen atoms in total. The van der Waals surface area contributed by atoms with Gasteiger partial charge in [-0.15, -0.1) is 0 Å². The fourth-order valence-corrected chi connectivity index (χ4v) is 7.40. The Kier molecular flexibility index (Phi) is 7.86. The summed E-state index contributed by atoms with van der Waals surface area (Å²) in [6.45, 7) is 1.60. The van der Waals surface area contributed by atoms with E-state index < -0.39 is 39.0 Å². The molecule has 0 spiro atoms. The molecule has 9 heteroatoms. The van der Waals surface area contributed by atoms with Crippen LogP contribution in [0.3, 0.4) is 0 Å². The molecule has 184 valence electrons. The molecule has 0 bridgehead atoms. The Labute approximate surface area is 214 Å². The number of aryl methyl sites for hydroxylation is 1. The van der Waals surface area contributed by atoms with Crippen LogP contribution in [0.5, 0.6) is 0 Å². The van der Waals surface area contributed by atoms with Crippen LogP contribution >= 0.6 is 23.4 Å². The number of hydrogen-bond acceptors (Lipinski definition) is 4. The van der Waals surface area contributed by atoms with E-state index in [1.54, 1.807) is 42.5 Å². The number of nitrogens with zero attached hydrogens (tertiary/aromatic N) is 1. The first kappa shape index (κ1) is 25.7. The second-order valence-corrected chi connectivity index (χ2v) is 12.1. The van der Waals surface area contributed by atoms with Crippen molar-refractivity contribution in [3.8, 4) is 0 Å². The van der Waals surface area contributed by atoms with Gasteiger partial charge in [0, 0.05) is 28.1 Å². The van der Waals surface area contributed by atoms with Gasteiger partial charge in [-0.1, -0.05) is 59.6 Å². The number of sulfonamides is 1. The van der Waals surface area contributed by atoms with E-state index >= 15 is 0 Å². The maximum absolute atomic E-state index is 14.9. The van der Waals surface area contributed by atoms with Crippen LogP contribution in [0.1, 0.15) is 29.2 Å². The van der Waals surface area contributed by atoms with Crippen LogP contribution in [0.4, 0.5) is 4.39 Å². The molecular weight excluding hydrogens is 509 g/mol. The minimum Gasteiger partial charge on any atom is -0.481 e. The van der Waals surface area contributed by atoms with Gasteiger partial charge >= 0.3 is 5.97 Å². The summed E-state index contributed by atoms with van der Waals surface area (Å²) in [5.41, 5.74) is 2.11. The Balaban J connectivity index is 1.70. The Bertz CT molecular complexity index is 1300. The van der Waals surface area contributed by atoms with E-state index in [2.05, 4.69) is 0 Å². The molecule has 0 unspecified atom stereocenters. The number of thioether (sulfide) groups is 1. The average Bonchev–Trinajstić information content (AvgIpc) is 2.83. The summed E-state index contributed by atoms with van der Waals surface area (Å²) in [5, 5.41) is 10.2. The lowest BCUT2D eigenvalue weighted by molar-refractivity contribution is -0.143. The van der Waals surface area contributed by atoms with Gasteiger partial charge in [0.15, 0.2) is 0 Å². The first-order chi connectivity index (χ1) is 16.7. The summed E-state index contributed by atoms with van der Waals surface area (Å²) < 4.78 is 43.4. The maximum atomic E-state index is 14.9. The summed E-state index contributed by atoms with van der Waals surface area (Å²) >= 11 is 7.40. The summed E-state index contributed by atoms with van der Waals surface area (Å²) in [6.07, 6.45) is 0.168. The predicted octanol–water partition coefficient (Wildman–Crippen LogP) is 5.93. The smallest absolute Gasteiger partial charge is 0.308 e. The van der Waals surface area contributed by atoms with Crippen LogP contribution in [-0.2, 0) is 20.6 Å². The van der Waals surface area contributed by atoms with Crippen LogP contribution < -0.4 is 0 Å². The normalized spacial score (nSPS) is 21.1. The molecule has 35 heavy (non-hydrogen) atoms. The first-order valence-corrected chi connectivity index (χ1v) is 14.0. The largest absolute Gasteiger partial charge is 0.481 e. The highest BCUT2D eigenvalue weighted by molar-refractivity contribution is 7.99. The molecule has 1 saturated heterocycles. The molecule has 3 atom stereocenters. The molecule has 1 heterocycles. The quantitative estimate of drug-likeness (QED) is 0.407. The summed E-state index contributed by atoms with van der Waals surface area (Å²) in [5.74, 6) is -2.01. The number of piperidine rings is 1. The summed E-state index contributed by atoms with van der Waals surface area (Å²) in [6, 6.07) is 18.9. The van der Waals surface area contributed by atoms with Crippen molar-refractivity contribution in [2.45, 2.75) is 35.3 Å². The van der Waals surface area contributed by atoms with E-state index in [0.29, 0.717) is 10.8 Å². The van der Waals surface area contributed by atoms with Gasteiger partial charge in [0.2, 0.25) is 10.0 Å². The zero-order valence-corrected chi connectivity index (χ0v) is 21.4. The summed E-state index contributed by atoms with van der Waals surface area (Å²) in [7, 11) is -4.08. The molecule has 3 aromatic carbocycles. The van der Waals surface area contributed by atoms with Gasteiger partial charge in [0.05, 0.1) is 16.9 Å². The number of carboxylic acids is 1. The second-order valence-electron chi connectivity index (χ2n) is 8.58. The van der Waals surface area contributed by atoms with Crippen molar-refractivity contribution >= 4 is 39.4 Å². The molecular formula is C26H25ClFNO4S2. The van der Waals surface area contributed by atoms with Crippen LogP contribution in [-0.4, -0.2) is 35.6 Å². The minimum absolute atomic E-state index is 0.0563. The van der Waals surface area contributed by atoms with Gasteiger partial charge in [-0.05, 0) is 49.2 Å². The standard InChI is InChI=1S/C26H25ClFNO4S2/c1-17-6-12-20(13-7-17)35(32,33)29-15-22(26(30)31)25(34-16-18-8-10-19(27)11-9-18)14-24(29)21-4-2-3-5-23(21)28/h2-13,22,24-25H,14-16H2,1H3,(H,30,31)/t22-,24+,25-/m1/s1. The minimum atomic E-state index is -4.08. The zero-order chi connectivity index (χ0) is 25.2. The number of carbonyl (C=O) groups is 1. The van der Waals surface area contributed by atoms with Crippen molar-refractivity contribution in [3.05, 3.63) is 100 Å². The predicted molar refractivity (Wildman–Crippen MR) is 136 cm³/mol. The molecule has 1 N–H and O–H groups in total. The lowest BCUT2D eigenvalue weighted by Gasteiger charge is -2.41.